The second kappa shape index (κ2) is 7.51. The standard InChI is InChI=1S/C15H9Cl3F3NO2/c1-6(24-12-5-8(17)7(16)4-9(12)18)15(23)22-11-3-2-10(19)13(20)14(11)21/h2-6H,1H3,(H,22,23)/t6-/m1/s1. The molecule has 0 aromatic heterocycles. The lowest BCUT2D eigenvalue weighted by atomic mass is 10.2. The first kappa shape index (κ1) is 18.7. The summed E-state index contributed by atoms with van der Waals surface area (Å²) in [5.41, 5.74) is -0.519. The van der Waals surface area contributed by atoms with Gasteiger partial charge >= 0.3 is 0 Å². The molecule has 0 radical (unpaired) electrons. The monoisotopic (exact) mass is 397 g/mol. The summed E-state index contributed by atoms with van der Waals surface area (Å²) in [5.74, 6) is -5.28. The predicted octanol–water partition coefficient (Wildman–Crippen LogP) is 5.47. The summed E-state index contributed by atoms with van der Waals surface area (Å²) in [5, 5.41) is 2.58. The van der Waals surface area contributed by atoms with Gasteiger partial charge in [0, 0.05) is 6.07 Å². The van der Waals surface area contributed by atoms with Gasteiger partial charge in [-0.15, -0.1) is 0 Å². The molecule has 0 aliphatic heterocycles. The minimum atomic E-state index is -1.69. The molecular weight excluding hydrogens is 390 g/mol. The molecule has 0 spiro atoms. The molecule has 1 N–H and O–H groups in total. The van der Waals surface area contributed by atoms with Crippen LogP contribution >= 0.6 is 34.8 Å². The van der Waals surface area contributed by atoms with E-state index in [1.54, 1.807) is 0 Å². The van der Waals surface area contributed by atoms with Crippen molar-refractivity contribution >= 4 is 46.4 Å². The summed E-state index contributed by atoms with van der Waals surface area (Å²) in [6, 6.07) is 4.23. The molecule has 2 aromatic rings. The SMILES string of the molecule is C[C@@H](Oc1cc(Cl)c(Cl)cc1Cl)C(=O)Nc1ccc(F)c(F)c1F. The Hall–Kier alpha value is -1.63. The number of anilines is 1. The molecule has 1 atom stereocenters. The molecule has 24 heavy (non-hydrogen) atoms. The third kappa shape index (κ3) is 4.06. The van der Waals surface area contributed by atoms with Crippen LogP contribution < -0.4 is 10.1 Å². The number of benzene rings is 2. The highest BCUT2D eigenvalue weighted by Gasteiger charge is 2.21. The second-order valence-electron chi connectivity index (χ2n) is 4.67. The molecule has 0 heterocycles. The van der Waals surface area contributed by atoms with Gasteiger partial charge in [0.15, 0.2) is 23.6 Å². The quantitative estimate of drug-likeness (QED) is 0.548. The maximum Gasteiger partial charge on any atom is 0.265 e. The molecule has 0 aliphatic carbocycles. The zero-order chi connectivity index (χ0) is 18.0. The fraction of sp³-hybridized carbons (Fsp3) is 0.133. The highest BCUT2D eigenvalue weighted by atomic mass is 35.5. The van der Waals surface area contributed by atoms with Crippen molar-refractivity contribution < 1.29 is 22.7 Å². The molecule has 0 aliphatic rings. The van der Waals surface area contributed by atoms with Gasteiger partial charge in [-0.3, -0.25) is 4.79 Å². The van der Waals surface area contributed by atoms with E-state index < -0.39 is 35.2 Å². The number of ether oxygens (including phenoxy) is 1. The van der Waals surface area contributed by atoms with Gasteiger partial charge in [-0.2, -0.15) is 0 Å². The van der Waals surface area contributed by atoms with Gasteiger partial charge in [-0.25, -0.2) is 13.2 Å². The van der Waals surface area contributed by atoms with Gasteiger partial charge in [0.05, 0.1) is 20.8 Å². The van der Waals surface area contributed by atoms with E-state index in [4.69, 9.17) is 39.5 Å². The Kier molecular flexibility index (Phi) is 5.85. The number of rotatable bonds is 4. The lowest BCUT2D eigenvalue weighted by Gasteiger charge is -2.16. The molecule has 0 bridgehead atoms. The van der Waals surface area contributed by atoms with Gasteiger partial charge in [-0.05, 0) is 25.1 Å². The van der Waals surface area contributed by atoms with Crippen LogP contribution in [0, 0.1) is 17.5 Å². The molecular formula is C15H9Cl3F3NO2. The Morgan fingerprint density at radius 2 is 1.67 bits per heavy atom. The van der Waals surface area contributed by atoms with E-state index in [0.29, 0.717) is 6.07 Å². The maximum atomic E-state index is 13.6. The number of carbonyl (C=O) groups is 1. The van der Waals surface area contributed by atoms with Crippen LogP contribution in [0.5, 0.6) is 5.75 Å². The largest absolute Gasteiger partial charge is 0.479 e. The van der Waals surface area contributed by atoms with Crippen LogP contribution in [0.3, 0.4) is 0 Å². The highest BCUT2D eigenvalue weighted by Crippen LogP contribution is 2.34. The minimum Gasteiger partial charge on any atom is -0.479 e. The third-order valence-electron chi connectivity index (χ3n) is 2.94. The molecule has 128 valence electrons. The molecule has 0 saturated carbocycles. The van der Waals surface area contributed by atoms with Crippen LogP contribution in [0.15, 0.2) is 24.3 Å². The average Bonchev–Trinajstić information content (AvgIpc) is 2.53. The molecule has 0 saturated heterocycles. The molecule has 0 fully saturated rings. The maximum absolute atomic E-state index is 13.6. The Labute approximate surface area is 150 Å². The third-order valence-corrected chi connectivity index (χ3v) is 3.96. The summed E-state index contributed by atoms with van der Waals surface area (Å²) < 4.78 is 44.9. The number of halogens is 6. The van der Waals surface area contributed by atoms with E-state index in [0.717, 1.165) is 6.07 Å². The fourth-order valence-electron chi connectivity index (χ4n) is 1.70. The van der Waals surface area contributed by atoms with Crippen molar-refractivity contribution in [3.8, 4) is 5.75 Å². The van der Waals surface area contributed by atoms with Gasteiger partial charge in [0.2, 0.25) is 0 Å². The summed E-state index contributed by atoms with van der Waals surface area (Å²) in [4.78, 5) is 12.0. The zero-order valence-corrected chi connectivity index (χ0v) is 14.2. The van der Waals surface area contributed by atoms with Gasteiger partial charge in [0.25, 0.3) is 5.91 Å². The Balaban J connectivity index is 2.13. The van der Waals surface area contributed by atoms with Crippen molar-refractivity contribution in [1.82, 2.24) is 0 Å². The summed E-state index contributed by atoms with van der Waals surface area (Å²) in [6.07, 6.45) is -1.13. The van der Waals surface area contributed by atoms with Crippen molar-refractivity contribution in [1.29, 1.82) is 0 Å². The molecule has 2 rings (SSSR count). The normalized spacial score (nSPS) is 12.0. The Morgan fingerprint density at radius 3 is 2.33 bits per heavy atom. The highest BCUT2D eigenvalue weighted by molar-refractivity contribution is 6.43. The van der Waals surface area contributed by atoms with Crippen LogP contribution in [0.2, 0.25) is 15.1 Å². The van der Waals surface area contributed by atoms with Gasteiger partial charge in [0.1, 0.15) is 5.75 Å². The Bertz CT molecular complexity index is 802. The van der Waals surface area contributed by atoms with Crippen molar-refractivity contribution in [2.45, 2.75) is 13.0 Å². The molecule has 9 heteroatoms. The lowest BCUT2D eigenvalue weighted by molar-refractivity contribution is -0.122. The van der Waals surface area contributed by atoms with Crippen LogP contribution in [0.1, 0.15) is 6.92 Å². The number of hydrogen-bond donors (Lipinski definition) is 1. The Morgan fingerprint density at radius 1 is 1.04 bits per heavy atom. The molecule has 3 nitrogen and oxygen atoms in total. The summed E-state index contributed by atoms with van der Waals surface area (Å²) in [7, 11) is 0. The first-order valence-electron chi connectivity index (χ1n) is 6.46. The van der Waals surface area contributed by atoms with E-state index in [1.807, 2.05) is 0 Å². The van der Waals surface area contributed by atoms with Crippen LogP contribution in [0.4, 0.5) is 18.9 Å². The first-order valence-corrected chi connectivity index (χ1v) is 7.59. The number of carbonyl (C=O) groups excluding carboxylic acids is 1. The van der Waals surface area contributed by atoms with Crippen molar-refractivity contribution in [3.63, 3.8) is 0 Å². The fourth-order valence-corrected chi connectivity index (χ4v) is 2.28. The predicted molar refractivity (Wildman–Crippen MR) is 86.5 cm³/mol. The second-order valence-corrected chi connectivity index (χ2v) is 5.89. The number of nitrogens with one attached hydrogen (secondary N) is 1. The number of amides is 1. The first-order chi connectivity index (χ1) is 11.2. The van der Waals surface area contributed by atoms with Crippen LogP contribution in [-0.4, -0.2) is 12.0 Å². The summed E-state index contributed by atoms with van der Waals surface area (Å²) >= 11 is 17.5. The van der Waals surface area contributed by atoms with Gasteiger partial charge in [-0.1, -0.05) is 34.8 Å². The average molecular weight is 399 g/mol. The van der Waals surface area contributed by atoms with Gasteiger partial charge < -0.3 is 10.1 Å². The van der Waals surface area contributed by atoms with Crippen molar-refractivity contribution in [3.05, 3.63) is 56.8 Å². The van der Waals surface area contributed by atoms with E-state index in [-0.39, 0.29) is 20.8 Å². The number of hydrogen-bond acceptors (Lipinski definition) is 2. The summed E-state index contributed by atoms with van der Waals surface area (Å²) in [6.45, 7) is 1.35. The van der Waals surface area contributed by atoms with E-state index in [2.05, 4.69) is 5.32 Å². The minimum absolute atomic E-state index is 0.0828. The topological polar surface area (TPSA) is 38.3 Å². The zero-order valence-electron chi connectivity index (χ0n) is 12.0. The van der Waals surface area contributed by atoms with E-state index >= 15 is 0 Å². The van der Waals surface area contributed by atoms with E-state index in [1.165, 1.54) is 19.1 Å². The molecule has 2 aromatic carbocycles. The molecule has 0 unspecified atom stereocenters. The van der Waals surface area contributed by atoms with Crippen LogP contribution in [0.25, 0.3) is 0 Å². The smallest absolute Gasteiger partial charge is 0.265 e. The lowest BCUT2D eigenvalue weighted by Crippen LogP contribution is -2.30. The molecule has 1 amide bonds. The van der Waals surface area contributed by atoms with E-state index in [9.17, 15) is 18.0 Å². The van der Waals surface area contributed by atoms with Crippen LogP contribution in [-0.2, 0) is 4.79 Å². The van der Waals surface area contributed by atoms with Crippen molar-refractivity contribution in [2.24, 2.45) is 0 Å². The van der Waals surface area contributed by atoms with Crippen molar-refractivity contribution in [2.75, 3.05) is 5.32 Å².